The van der Waals surface area contributed by atoms with Crippen LogP contribution in [0.25, 0.3) is 0 Å². The van der Waals surface area contributed by atoms with Gasteiger partial charge >= 0.3 is 0 Å². The molecule has 3 N–H and O–H groups in total. The third-order valence-corrected chi connectivity index (χ3v) is 6.93. The van der Waals surface area contributed by atoms with Crippen LogP contribution in [0.3, 0.4) is 0 Å². The van der Waals surface area contributed by atoms with Gasteiger partial charge in [0, 0.05) is 38.8 Å². The number of hydrogen-bond donors (Lipinski definition) is 3. The van der Waals surface area contributed by atoms with Crippen LogP contribution in [0.5, 0.6) is 0 Å². The van der Waals surface area contributed by atoms with Gasteiger partial charge in [0.1, 0.15) is 0 Å². The van der Waals surface area contributed by atoms with Crippen molar-refractivity contribution in [2.45, 2.75) is 70.8 Å². The number of benzene rings is 1. The first-order valence-electron chi connectivity index (χ1n) is 11.1. The molecule has 1 aliphatic rings. The highest BCUT2D eigenvalue weighted by Crippen LogP contribution is 2.18. The average molecular weight is 566 g/mol. The maximum Gasteiger partial charge on any atom is 0.216 e. The highest BCUT2D eigenvalue weighted by molar-refractivity contribution is 14.0. The van der Waals surface area contributed by atoms with Gasteiger partial charge in [-0.25, -0.2) is 13.1 Å². The van der Waals surface area contributed by atoms with E-state index < -0.39 is 10.0 Å². The van der Waals surface area contributed by atoms with E-state index in [1.165, 1.54) is 32.2 Å². The lowest BCUT2D eigenvalue weighted by molar-refractivity contribution is 0.147. The van der Waals surface area contributed by atoms with Crippen LogP contribution in [0.4, 0.5) is 0 Å². The van der Waals surface area contributed by atoms with Crippen LogP contribution in [0.15, 0.2) is 29.3 Å². The maximum absolute atomic E-state index is 12.1. The maximum atomic E-state index is 12.1. The number of halogens is 1. The van der Waals surface area contributed by atoms with Crippen molar-refractivity contribution in [2.24, 2.45) is 4.99 Å². The van der Waals surface area contributed by atoms with Gasteiger partial charge in [0.05, 0.1) is 5.75 Å². The predicted octanol–water partition coefficient (Wildman–Crippen LogP) is 3.06. The van der Waals surface area contributed by atoms with E-state index in [0.717, 1.165) is 30.2 Å². The fraction of sp³-hybridized carbons (Fsp3) is 0.682. The summed E-state index contributed by atoms with van der Waals surface area (Å²) in [6, 6.07) is 8.27. The largest absolute Gasteiger partial charge is 0.355 e. The first kappa shape index (κ1) is 28.1. The average Bonchev–Trinajstić information content (AvgIpc) is 2.70. The van der Waals surface area contributed by atoms with Gasteiger partial charge in [0.15, 0.2) is 5.96 Å². The summed E-state index contributed by atoms with van der Waals surface area (Å²) >= 11 is 0. The second-order valence-corrected chi connectivity index (χ2v) is 10.0. The molecule has 9 heteroatoms. The third kappa shape index (κ3) is 10.5. The molecule has 2 rings (SSSR count). The van der Waals surface area contributed by atoms with Crippen molar-refractivity contribution in [1.82, 2.24) is 20.3 Å². The lowest BCUT2D eigenvalue weighted by Gasteiger charge is -2.35. The number of nitrogens with zero attached hydrogens (tertiary/aromatic N) is 2. The van der Waals surface area contributed by atoms with Crippen molar-refractivity contribution < 1.29 is 8.42 Å². The molecule has 1 aromatic rings. The summed E-state index contributed by atoms with van der Waals surface area (Å²) in [7, 11) is -1.52. The summed E-state index contributed by atoms with van der Waals surface area (Å²) in [6.07, 6.45) is 5.19. The van der Waals surface area contributed by atoms with Crippen molar-refractivity contribution in [3.05, 3.63) is 35.4 Å². The Kier molecular flexibility index (Phi) is 13.0. The molecular formula is C22H40IN5O2S. The lowest BCUT2D eigenvalue weighted by Crippen LogP contribution is -2.45. The Labute approximate surface area is 205 Å². The van der Waals surface area contributed by atoms with Crippen LogP contribution < -0.4 is 15.4 Å². The van der Waals surface area contributed by atoms with Crippen LogP contribution >= 0.6 is 24.0 Å². The molecule has 0 bridgehead atoms. The summed E-state index contributed by atoms with van der Waals surface area (Å²) in [5, 5.41) is 6.73. The fourth-order valence-electron chi connectivity index (χ4n) is 3.91. The zero-order valence-electron chi connectivity index (χ0n) is 19.4. The summed E-state index contributed by atoms with van der Waals surface area (Å²) in [5.41, 5.74) is 1.86. The minimum atomic E-state index is -3.30. The minimum Gasteiger partial charge on any atom is -0.355 e. The molecular weight excluding hydrogens is 525 g/mol. The Hall–Kier alpha value is -0.910. The van der Waals surface area contributed by atoms with Crippen LogP contribution in [0.2, 0.25) is 0 Å². The van der Waals surface area contributed by atoms with Crippen molar-refractivity contribution in [2.75, 3.05) is 26.7 Å². The summed E-state index contributed by atoms with van der Waals surface area (Å²) in [4.78, 5) is 6.89. The van der Waals surface area contributed by atoms with Gasteiger partial charge in [-0.2, -0.15) is 0 Å². The van der Waals surface area contributed by atoms with E-state index in [0.29, 0.717) is 12.6 Å². The zero-order chi connectivity index (χ0) is 22.0. The molecule has 0 spiro atoms. The molecule has 31 heavy (non-hydrogen) atoms. The van der Waals surface area contributed by atoms with Gasteiger partial charge in [-0.3, -0.25) is 9.89 Å². The first-order valence-corrected chi connectivity index (χ1v) is 12.7. The van der Waals surface area contributed by atoms with E-state index in [9.17, 15) is 8.42 Å². The van der Waals surface area contributed by atoms with Gasteiger partial charge in [-0.1, -0.05) is 37.6 Å². The Morgan fingerprint density at radius 3 is 2.45 bits per heavy atom. The van der Waals surface area contributed by atoms with E-state index in [1.807, 2.05) is 38.1 Å². The van der Waals surface area contributed by atoms with Gasteiger partial charge < -0.3 is 10.6 Å². The van der Waals surface area contributed by atoms with Crippen LogP contribution in [-0.2, 0) is 22.3 Å². The number of hydrogen-bond acceptors (Lipinski definition) is 4. The summed E-state index contributed by atoms with van der Waals surface area (Å²) in [5.74, 6) is 0.782. The molecule has 0 aromatic heterocycles. The number of guanidine groups is 1. The molecule has 1 unspecified atom stereocenters. The first-order chi connectivity index (χ1) is 14.3. The lowest BCUT2D eigenvalue weighted by atomic mass is 10.0. The zero-order valence-corrected chi connectivity index (χ0v) is 22.5. The van der Waals surface area contributed by atoms with Crippen molar-refractivity contribution >= 4 is 40.0 Å². The summed E-state index contributed by atoms with van der Waals surface area (Å²) < 4.78 is 26.7. The number of aliphatic imine (C=N–C) groups is 1. The molecule has 0 radical (unpaired) electrons. The SMILES string of the molecule is CCC1CCCCN1CCNC(=NC)NCc1ccc(CS(=O)(=O)NC(C)C)cc1.I. The van der Waals surface area contributed by atoms with Crippen molar-refractivity contribution in [1.29, 1.82) is 0 Å². The van der Waals surface area contributed by atoms with Gasteiger partial charge in [0.2, 0.25) is 10.0 Å². The van der Waals surface area contributed by atoms with E-state index >= 15 is 0 Å². The number of likely N-dealkylation sites (tertiary alicyclic amines) is 1. The van der Waals surface area contributed by atoms with E-state index in [4.69, 9.17) is 0 Å². The predicted molar refractivity (Wildman–Crippen MR) is 140 cm³/mol. The molecule has 0 saturated carbocycles. The van der Waals surface area contributed by atoms with E-state index in [1.54, 1.807) is 7.05 Å². The molecule has 0 amide bonds. The molecule has 1 fully saturated rings. The van der Waals surface area contributed by atoms with Crippen molar-refractivity contribution in [3.8, 4) is 0 Å². The number of rotatable bonds is 10. The monoisotopic (exact) mass is 565 g/mol. The third-order valence-electron chi connectivity index (χ3n) is 5.39. The Morgan fingerprint density at radius 2 is 1.84 bits per heavy atom. The van der Waals surface area contributed by atoms with E-state index in [2.05, 4.69) is 32.2 Å². The van der Waals surface area contributed by atoms with E-state index in [-0.39, 0.29) is 35.8 Å². The number of piperidine rings is 1. The molecule has 1 aliphatic heterocycles. The molecule has 0 aliphatic carbocycles. The highest BCUT2D eigenvalue weighted by atomic mass is 127. The van der Waals surface area contributed by atoms with Gasteiger partial charge in [-0.05, 0) is 50.8 Å². The Morgan fingerprint density at radius 1 is 1.16 bits per heavy atom. The van der Waals surface area contributed by atoms with Gasteiger partial charge in [0.25, 0.3) is 0 Å². The Bertz CT molecular complexity index is 769. The molecule has 1 aromatic carbocycles. The fourth-order valence-corrected chi connectivity index (χ4v) is 5.35. The molecule has 7 nitrogen and oxygen atoms in total. The molecule has 1 saturated heterocycles. The standard InChI is InChI=1S/C22H39N5O2S.HI/c1-5-21-8-6-7-14-27(21)15-13-24-22(23-4)25-16-19-9-11-20(12-10-19)17-30(28,29)26-18(2)3;/h9-12,18,21,26H,5-8,13-17H2,1-4H3,(H2,23,24,25);1H. The second kappa shape index (κ2) is 14.3. The number of sulfonamides is 1. The van der Waals surface area contributed by atoms with Crippen LogP contribution in [0.1, 0.15) is 57.6 Å². The topological polar surface area (TPSA) is 85.8 Å². The molecule has 178 valence electrons. The van der Waals surface area contributed by atoms with Gasteiger partial charge in [-0.15, -0.1) is 24.0 Å². The van der Waals surface area contributed by atoms with Crippen LogP contribution in [0, 0.1) is 0 Å². The summed E-state index contributed by atoms with van der Waals surface area (Å²) in [6.45, 7) is 9.66. The molecule has 1 atom stereocenters. The highest BCUT2D eigenvalue weighted by Gasteiger charge is 2.20. The minimum absolute atomic E-state index is 0. The van der Waals surface area contributed by atoms with Crippen molar-refractivity contribution in [3.63, 3.8) is 0 Å². The smallest absolute Gasteiger partial charge is 0.216 e. The second-order valence-electron chi connectivity index (χ2n) is 8.29. The van der Waals surface area contributed by atoms with Crippen LogP contribution in [-0.4, -0.2) is 58.0 Å². The molecule has 1 heterocycles. The normalized spacial score (nSPS) is 18.0. The Balaban J connectivity index is 0.00000480. The quantitative estimate of drug-likeness (QED) is 0.231. The number of nitrogens with one attached hydrogen (secondary N) is 3.